The highest BCUT2D eigenvalue weighted by atomic mass is 32.2. The van der Waals surface area contributed by atoms with E-state index in [2.05, 4.69) is 6.92 Å². The second kappa shape index (κ2) is 11.6. The summed E-state index contributed by atoms with van der Waals surface area (Å²) in [6.07, 6.45) is 5.81. The lowest BCUT2D eigenvalue weighted by Gasteiger charge is -2.18. The lowest BCUT2D eigenvalue weighted by Crippen LogP contribution is -2.40. The van der Waals surface area contributed by atoms with Crippen molar-refractivity contribution in [1.82, 2.24) is 0 Å². The summed E-state index contributed by atoms with van der Waals surface area (Å²) in [6, 6.07) is 0. The van der Waals surface area contributed by atoms with Crippen molar-refractivity contribution in [3.63, 3.8) is 0 Å². The molecule has 0 radical (unpaired) electrons. The van der Waals surface area contributed by atoms with Gasteiger partial charge in [-0.05, 0) is 12.2 Å². The molecular weight excluding hydrogens is 304 g/mol. The molecular formula is C16H32O5S. The monoisotopic (exact) mass is 336 g/mol. The number of ether oxygens (including phenoxy) is 1. The van der Waals surface area contributed by atoms with E-state index in [-0.39, 0.29) is 0 Å². The first-order chi connectivity index (χ1) is 10.6. The molecule has 0 aromatic heterocycles. The summed E-state index contributed by atoms with van der Waals surface area (Å²) in [5.74, 6) is 0.866. The fourth-order valence-corrected chi connectivity index (χ4v) is 3.83. The topological polar surface area (TPSA) is 90.2 Å². The third-order valence-corrected chi connectivity index (χ3v) is 5.35. The fourth-order valence-electron chi connectivity index (χ4n) is 2.67. The Bertz CT molecular complexity index is 279. The molecule has 1 rings (SSSR count). The average Bonchev–Trinajstić information content (AvgIpc) is 2.81. The summed E-state index contributed by atoms with van der Waals surface area (Å²) in [7, 11) is 0. The van der Waals surface area contributed by atoms with Gasteiger partial charge in [0.1, 0.15) is 29.9 Å². The maximum atomic E-state index is 9.91. The predicted octanol–water partition coefficient (Wildman–Crippen LogP) is 1.66. The third-order valence-electron chi connectivity index (χ3n) is 4.10. The molecule has 0 bridgehead atoms. The van der Waals surface area contributed by atoms with Crippen molar-refractivity contribution >= 4 is 11.8 Å². The molecule has 0 aromatic carbocycles. The Morgan fingerprint density at radius 2 is 1.55 bits per heavy atom. The van der Waals surface area contributed by atoms with Gasteiger partial charge in [0, 0.05) is 0 Å². The smallest absolute Gasteiger partial charge is 0.132 e. The third kappa shape index (κ3) is 6.72. The quantitative estimate of drug-likeness (QED) is 0.405. The van der Waals surface area contributed by atoms with E-state index in [9.17, 15) is 15.3 Å². The molecule has 4 N–H and O–H groups in total. The number of rotatable bonds is 12. The number of thioether (sulfide) groups is 1. The molecule has 0 unspecified atom stereocenters. The highest BCUT2D eigenvalue weighted by molar-refractivity contribution is 7.99. The van der Waals surface area contributed by atoms with Crippen molar-refractivity contribution in [1.29, 1.82) is 0 Å². The van der Waals surface area contributed by atoms with Crippen molar-refractivity contribution in [3.05, 3.63) is 0 Å². The first-order valence-corrected chi connectivity index (χ1v) is 9.58. The van der Waals surface area contributed by atoms with E-state index >= 15 is 0 Å². The van der Waals surface area contributed by atoms with Crippen molar-refractivity contribution in [2.75, 3.05) is 12.4 Å². The Morgan fingerprint density at radius 1 is 0.955 bits per heavy atom. The lowest BCUT2D eigenvalue weighted by molar-refractivity contribution is -0.0713. The van der Waals surface area contributed by atoms with Gasteiger partial charge < -0.3 is 25.2 Å². The van der Waals surface area contributed by atoms with Gasteiger partial charge in [0.15, 0.2) is 0 Å². The zero-order valence-electron chi connectivity index (χ0n) is 13.6. The zero-order valence-corrected chi connectivity index (χ0v) is 14.4. The first kappa shape index (κ1) is 20.2. The SMILES string of the molecule is CCCCCCCCCCS[C@@H]1O[C@@H]([C@@H](O)CO)[C@H](O)[C@H]1O. The van der Waals surface area contributed by atoms with Gasteiger partial charge in [-0.1, -0.05) is 51.9 Å². The van der Waals surface area contributed by atoms with E-state index in [0.29, 0.717) is 0 Å². The van der Waals surface area contributed by atoms with Crippen LogP contribution in [-0.2, 0) is 4.74 Å². The molecule has 1 aliphatic rings. The molecule has 1 saturated heterocycles. The van der Waals surface area contributed by atoms with Gasteiger partial charge in [-0.2, -0.15) is 0 Å². The number of hydrogen-bond donors (Lipinski definition) is 4. The molecule has 0 amide bonds. The Balaban J connectivity index is 2.07. The molecule has 132 valence electrons. The minimum atomic E-state index is -1.15. The molecule has 1 heterocycles. The lowest BCUT2D eigenvalue weighted by atomic mass is 10.1. The van der Waals surface area contributed by atoms with Crippen LogP contribution in [0.25, 0.3) is 0 Å². The van der Waals surface area contributed by atoms with Gasteiger partial charge in [0.25, 0.3) is 0 Å². The summed E-state index contributed by atoms with van der Waals surface area (Å²) in [4.78, 5) is 0. The van der Waals surface area contributed by atoms with E-state index in [1.807, 2.05) is 0 Å². The maximum Gasteiger partial charge on any atom is 0.132 e. The number of aliphatic hydroxyl groups is 4. The second-order valence-corrected chi connectivity index (χ2v) is 7.25. The van der Waals surface area contributed by atoms with Crippen LogP contribution >= 0.6 is 11.8 Å². The van der Waals surface area contributed by atoms with Crippen molar-refractivity contribution in [2.45, 2.75) is 88.1 Å². The molecule has 1 aliphatic heterocycles. The maximum absolute atomic E-state index is 9.91. The summed E-state index contributed by atoms with van der Waals surface area (Å²) in [5, 5.41) is 38.2. The summed E-state index contributed by atoms with van der Waals surface area (Å²) in [5.41, 5.74) is -0.522. The van der Waals surface area contributed by atoms with Crippen LogP contribution in [0.1, 0.15) is 58.3 Å². The highest BCUT2D eigenvalue weighted by Crippen LogP contribution is 2.31. The number of unbranched alkanes of at least 4 members (excludes halogenated alkanes) is 7. The van der Waals surface area contributed by atoms with Crippen LogP contribution in [0.15, 0.2) is 0 Å². The predicted molar refractivity (Wildman–Crippen MR) is 88.8 cm³/mol. The molecule has 0 spiro atoms. The molecule has 5 nitrogen and oxygen atoms in total. The summed E-state index contributed by atoms with van der Waals surface area (Å²) < 4.78 is 5.46. The summed E-state index contributed by atoms with van der Waals surface area (Å²) in [6.45, 7) is 1.74. The van der Waals surface area contributed by atoms with Gasteiger partial charge >= 0.3 is 0 Å². The van der Waals surface area contributed by atoms with Crippen LogP contribution in [0.4, 0.5) is 0 Å². The Morgan fingerprint density at radius 3 is 2.14 bits per heavy atom. The van der Waals surface area contributed by atoms with Gasteiger partial charge in [-0.3, -0.25) is 0 Å². The summed E-state index contributed by atoms with van der Waals surface area (Å²) >= 11 is 1.47. The Hall–Kier alpha value is 0.150. The minimum absolute atomic E-state index is 0.482. The van der Waals surface area contributed by atoms with E-state index in [4.69, 9.17) is 9.84 Å². The minimum Gasteiger partial charge on any atom is -0.394 e. The molecule has 0 aliphatic carbocycles. The van der Waals surface area contributed by atoms with Crippen LogP contribution in [0, 0.1) is 0 Å². The van der Waals surface area contributed by atoms with Crippen LogP contribution in [0.5, 0.6) is 0 Å². The van der Waals surface area contributed by atoms with Gasteiger partial charge in [-0.25, -0.2) is 0 Å². The highest BCUT2D eigenvalue weighted by Gasteiger charge is 2.45. The molecule has 0 saturated carbocycles. The van der Waals surface area contributed by atoms with Gasteiger partial charge in [0.05, 0.1) is 6.61 Å². The van der Waals surface area contributed by atoms with Crippen LogP contribution < -0.4 is 0 Å². The first-order valence-electron chi connectivity index (χ1n) is 8.54. The molecule has 6 heteroatoms. The van der Waals surface area contributed by atoms with Crippen LogP contribution in [0.2, 0.25) is 0 Å². The molecule has 1 fully saturated rings. The van der Waals surface area contributed by atoms with Crippen molar-refractivity contribution < 1.29 is 25.2 Å². The molecule has 5 atom stereocenters. The Kier molecular flexibility index (Phi) is 10.7. The van der Waals surface area contributed by atoms with Crippen molar-refractivity contribution in [2.24, 2.45) is 0 Å². The van der Waals surface area contributed by atoms with Gasteiger partial charge in [0.2, 0.25) is 0 Å². The largest absolute Gasteiger partial charge is 0.394 e. The van der Waals surface area contributed by atoms with Crippen LogP contribution in [0.3, 0.4) is 0 Å². The zero-order chi connectivity index (χ0) is 16.4. The van der Waals surface area contributed by atoms with E-state index in [1.165, 1.54) is 56.7 Å². The molecule has 22 heavy (non-hydrogen) atoms. The number of hydrogen-bond acceptors (Lipinski definition) is 6. The molecule has 0 aromatic rings. The van der Waals surface area contributed by atoms with Crippen molar-refractivity contribution in [3.8, 4) is 0 Å². The van der Waals surface area contributed by atoms with Crippen LogP contribution in [-0.4, -0.2) is 62.6 Å². The van der Waals surface area contributed by atoms with Gasteiger partial charge in [-0.15, -0.1) is 11.8 Å². The standard InChI is InChI=1S/C16H32O5S/c1-2-3-4-5-6-7-8-9-10-22-16-14(20)13(19)15(21-16)12(18)11-17/h12-20H,2-11H2,1H3/t12-,13+,14+,15-,16-/m0/s1. The fraction of sp³-hybridized carbons (Fsp3) is 1.00. The van der Waals surface area contributed by atoms with E-state index < -0.39 is 36.5 Å². The Labute approximate surface area is 138 Å². The average molecular weight is 336 g/mol. The number of aliphatic hydroxyl groups excluding tert-OH is 4. The van der Waals surface area contributed by atoms with E-state index in [0.717, 1.165) is 12.2 Å². The van der Waals surface area contributed by atoms with E-state index in [1.54, 1.807) is 0 Å². The normalized spacial score (nSPS) is 29.9. The second-order valence-electron chi connectivity index (χ2n) is 6.05.